The highest BCUT2D eigenvalue weighted by atomic mass is 79.9. The van der Waals surface area contributed by atoms with Crippen LogP contribution in [0.5, 0.6) is 17.2 Å². The molecule has 2 aromatic rings. The molecule has 0 unspecified atom stereocenters. The molecule has 1 amide bonds. The topological polar surface area (TPSA) is 98.7 Å². The number of nitrogens with zero attached hydrogens (tertiary/aromatic N) is 1. The van der Waals surface area contributed by atoms with Crippen LogP contribution in [-0.4, -0.2) is 89.4 Å². The smallest absolute Gasteiger partial charge is 0.255 e. The Morgan fingerprint density at radius 2 is 1.66 bits per heavy atom. The molecule has 0 saturated carbocycles. The van der Waals surface area contributed by atoms with E-state index in [0.29, 0.717) is 50.9 Å². The average molecular weight is 596 g/mol. The summed E-state index contributed by atoms with van der Waals surface area (Å²) in [5, 5.41) is 11.7. The molecule has 0 aliphatic carbocycles. The summed E-state index contributed by atoms with van der Waals surface area (Å²) in [6.45, 7) is 5.29. The molecule has 3 rings (SSSR count). The fraction of sp³-hybridized carbons (Fsp3) is 0.536. The maximum absolute atomic E-state index is 12.9. The van der Waals surface area contributed by atoms with Crippen molar-refractivity contribution in [3.05, 3.63) is 51.5 Å². The van der Waals surface area contributed by atoms with Gasteiger partial charge in [0.25, 0.3) is 5.91 Å². The summed E-state index contributed by atoms with van der Waals surface area (Å²) in [6.07, 6.45) is 2.86. The lowest BCUT2D eigenvalue weighted by Crippen LogP contribution is -2.32. The molecule has 2 aromatic carbocycles. The van der Waals surface area contributed by atoms with Gasteiger partial charge < -0.3 is 34.1 Å². The second-order valence-corrected chi connectivity index (χ2v) is 9.82. The number of carbonyl (C=O) groups excluding carboxylic acids is 1. The molecular formula is C28H39BrN2O7. The van der Waals surface area contributed by atoms with Gasteiger partial charge in [0.2, 0.25) is 0 Å². The maximum Gasteiger partial charge on any atom is 0.255 e. The zero-order chi connectivity index (χ0) is 27.2. The van der Waals surface area contributed by atoms with Gasteiger partial charge in [-0.3, -0.25) is 9.69 Å². The molecule has 38 heavy (non-hydrogen) atoms. The Bertz CT molecular complexity index is 1020. The predicted molar refractivity (Wildman–Crippen MR) is 148 cm³/mol. The second kappa shape index (κ2) is 16.6. The van der Waals surface area contributed by atoms with Crippen LogP contribution in [0.15, 0.2) is 34.8 Å². The number of benzene rings is 2. The first-order valence-electron chi connectivity index (χ1n) is 13.0. The largest absolute Gasteiger partial charge is 0.493 e. The van der Waals surface area contributed by atoms with E-state index < -0.39 is 0 Å². The summed E-state index contributed by atoms with van der Waals surface area (Å²) in [5.41, 5.74) is 3.09. The quantitative estimate of drug-likeness (QED) is 0.269. The van der Waals surface area contributed by atoms with Crippen molar-refractivity contribution < 1.29 is 33.6 Å². The van der Waals surface area contributed by atoms with Crippen molar-refractivity contribution in [2.75, 3.05) is 73.5 Å². The van der Waals surface area contributed by atoms with Crippen molar-refractivity contribution >= 4 is 21.8 Å². The maximum atomic E-state index is 12.9. The molecule has 0 bridgehead atoms. The Hall–Kier alpha value is -2.37. The minimum Gasteiger partial charge on any atom is -0.493 e. The third-order valence-electron chi connectivity index (χ3n) is 6.26. The van der Waals surface area contributed by atoms with E-state index in [2.05, 4.69) is 38.3 Å². The number of methoxy groups -OCH3 is 2. The van der Waals surface area contributed by atoms with E-state index in [4.69, 9.17) is 28.8 Å². The van der Waals surface area contributed by atoms with Crippen LogP contribution in [0.1, 0.15) is 34.3 Å². The van der Waals surface area contributed by atoms with Gasteiger partial charge in [0, 0.05) is 24.1 Å². The number of hydrogen-bond donors (Lipinski definition) is 2. The van der Waals surface area contributed by atoms with E-state index in [1.54, 1.807) is 26.4 Å². The van der Waals surface area contributed by atoms with Crippen LogP contribution in [0, 0.1) is 0 Å². The lowest BCUT2D eigenvalue weighted by atomic mass is 9.98. The zero-order valence-electron chi connectivity index (χ0n) is 22.3. The summed E-state index contributed by atoms with van der Waals surface area (Å²) >= 11 is 3.44. The third kappa shape index (κ3) is 9.43. The molecule has 0 atom stereocenters. The van der Waals surface area contributed by atoms with E-state index in [1.165, 1.54) is 11.1 Å². The normalized spacial score (nSPS) is 13.2. The standard InChI is InChI=1S/C28H39BrN2O7/c1-34-26-17-21-7-10-31(20-22(21)18-27(26)35-2)9-4-3-8-30-28(33)24-19-23(29)5-6-25(24)38-16-15-37-14-13-36-12-11-32/h5-6,17-19,32H,3-4,7-16,20H2,1-2H3,(H,30,33). The van der Waals surface area contributed by atoms with Gasteiger partial charge in [-0.1, -0.05) is 15.9 Å². The minimum atomic E-state index is -0.160. The molecule has 1 aliphatic rings. The summed E-state index contributed by atoms with van der Waals surface area (Å²) in [6, 6.07) is 9.56. The van der Waals surface area contributed by atoms with Crippen molar-refractivity contribution in [1.29, 1.82) is 0 Å². The summed E-state index contributed by atoms with van der Waals surface area (Å²) < 4.78 is 28.1. The Morgan fingerprint density at radius 3 is 2.39 bits per heavy atom. The van der Waals surface area contributed by atoms with E-state index in [1.807, 2.05) is 6.07 Å². The SMILES string of the molecule is COc1cc2c(cc1OC)CN(CCCCNC(=O)c1cc(Br)ccc1OCCOCCOCCO)CC2. The first-order chi connectivity index (χ1) is 18.5. The molecule has 0 saturated heterocycles. The van der Waals surface area contributed by atoms with Crippen molar-refractivity contribution in [3.8, 4) is 17.2 Å². The zero-order valence-corrected chi connectivity index (χ0v) is 23.9. The molecule has 1 heterocycles. The first kappa shape index (κ1) is 30.2. The molecule has 210 valence electrons. The number of ether oxygens (including phenoxy) is 5. The van der Waals surface area contributed by atoms with Crippen LogP contribution in [0.25, 0.3) is 0 Å². The molecule has 1 aliphatic heterocycles. The fourth-order valence-electron chi connectivity index (χ4n) is 4.29. The molecule has 0 radical (unpaired) electrons. The highest BCUT2D eigenvalue weighted by Crippen LogP contribution is 2.33. The van der Waals surface area contributed by atoms with Gasteiger partial charge >= 0.3 is 0 Å². The van der Waals surface area contributed by atoms with Crippen LogP contribution in [0.2, 0.25) is 0 Å². The summed E-state index contributed by atoms with van der Waals surface area (Å²) in [4.78, 5) is 15.3. The Labute approximate surface area is 233 Å². The van der Waals surface area contributed by atoms with E-state index >= 15 is 0 Å². The molecule has 0 spiro atoms. The van der Waals surface area contributed by atoms with Crippen LogP contribution in [0.4, 0.5) is 0 Å². The van der Waals surface area contributed by atoms with Crippen molar-refractivity contribution in [2.24, 2.45) is 0 Å². The van der Waals surface area contributed by atoms with Gasteiger partial charge in [0.1, 0.15) is 12.4 Å². The molecule has 0 aromatic heterocycles. The second-order valence-electron chi connectivity index (χ2n) is 8.90. The van der Waals surface area contributed by atoms with Crippen molar-refractivity contribution in [1.82, 2.24) is 10.2 Å². The lowest BCUT2D eigenvalue weighted by Gasteiger charge is -2.29. The summed E-state index contributed by atoms with van der Waals surface area (Å²) in [7, 11) is 3.33. The average Bonchev–Trinajstić information content (AvgIpc) is 2.93. The number of aliphatic hydroxyl groups is 1. The van der Waals surface area contributed by atoms with Crippen molar-refractivity contribution in [3.63, 3.8) is 0 Å². The van der Waals surface area contributed by atoms with Gasteiger partial charge in [-0.25, -0.2) is 0 Å². The molecule has 10 heteroatoms. The number of nitrogens with one attached hydrogen (secondary N) is 1. The van der Waals surface area contributed by atoms with Crippen LogP contribution < -0.4 is 19.5 Å². The Morgan fingerprint density at radius 1 is 0.947 bits per heavy atom. The van der Waals surface area contributed by atoms with Gasteiger partial charge in [-0.2, -0.15) is 0 Å². The number of amides is 1. The minimum absolute atomic E-state index is 0.00266. The fourth-order valence-corrected chi connectivity index (χ4v) is 4.65. The number of aliphatic hydroxyl groups excluding tert-OH is 1. The Kier molecular flexibility index (Phi) is 13.2. The number of carbonyl (C=O) groups is 1. The van der Waals surface area contributed by atoms with Gasteiger partial charge in [-0.15, -0.1) is 0 Å². The van der Waals surface area contributed by atoms with E-state index in [-0.39, 0.29) is 12.5 Å². The molecular weight excluding hydrogens is 556 g/mol. The molecule has 9 nitrogen and oxygen atoms in total. The van der Waals surface area contributed by atoms with E-state index in [0.717, 1.165) is 54.9 Å². The lowest BCUT2D eigenvalue weighted by molar-refractivity contribution is 0.0246. The first-order valence-corrected chi connectivity index (χ1v) is 13.8. The number of hydrogen-bond acceptors (Lipinski definition) is 8. The van der Waals surface area contributed by atoms with Crippen molar-refractivity contribution in [2.45, 2.75) is 25.8 Å². The predicted octanol–water partition coefficient (Wildman–Crippen LogP) is 3.44. The molecule has 2 N–H and O–H groups in total. The van der Waals surface area contributed by atoms with Crippen LogP contribution >= 0.6 is 15.9 Å². The van der Waals surface area contributed by atoms with Gasteiger partial charge in [-0.05, 0) is 67.3 Å². The van der Waals surface area contributed by atoms with E-state index in [9.17, 15) is 4.79 Å². The molecule has 0 fully saturated rings. The van der Waals surface area contributed by atoms with Gasteiger partial charge in [0.15, 0.2) is 11.5 Å². The number of rotatable bonds is 17. The number of halogens is 1. The van der Waals surface area contributed by atoms with Crippen LogP contribution in [0.3, 0.4) is 0 Å². The third-order valence-corrected chi connectivity index (χ3v) is 6.76. The highest BCUT2D eigenvalue weighted by molar-refractivity contribution is 9.10. The Balaban J connectivity index is 1.38. The number of unbranched alkanes of at least 4 members (excludes halogenated alkanes) is 1. The monoisotopic (exact) mass is 594 g/mol. The van der Waals surface area contributed by atoms with Crippen LogP contribution in [-0.2, 0) is 22.4 Å². The van der Waals surface area contributed by atoms with Gasteiger partial charge in [0.05, 0.1) is 52.8 Å². The summed E-state index contributed by atoms with van der Waals surface area (Å²) in [5.74, 6) is 1.91. The number of fused-ring (bicyclic) bond motifs is 1. The highest BCUT2D eigenvalue weighted by Gasteiger charge is 2.19.